The van der Waals surface area contributed by atoms with Gasteiger partial charge in [0.2, 0.25) is 0 Å². The summed E-state index contributed by atoms with van der Waals surface area (Å²) >= 11 is 0. The molecule has 0 radical (unpaired) electrons. The number of pyridine rings is 2. The minimum atomic E-state index is -0.519. The number of aromatic nitrogens is 2. The van der Waals surface area contributed by atoms with Crippen molar-refractivity contribution in [1.29, 1.82) is 5.26 Å². The summed E-state index contributed by atoms with van der Waals surface area (Å²) in [6.07, 6.45) is 5.97. The molecule has 0 spiro atoms. The van der Waals surface area contributed by atoms with Crippen molar-refractivity contribution in [2.75, 3.05) is 11.1 Å². The molecular weight excluding hydrogens is 381 g/mol. The van der Waals surface area contributed by atoms with Gasteiger partial charge in [0.25, 0.3) is 5.91 Å². The fraction of sp³-hybridized carbons (Fsp3) is 0.217. The van der Waals surface area contributed by atoms with Crippen LogP contribution >= 0.6 is 0 Å². The minimum Gasteiger partial charge on any atom is -0.396 e. The molecule has 1 aliphatic carbocycles. The van der Waals surface area contributed by atoms with Gasteiger partial charge in [-0.15, -0.1) is 0 Å². The number of carbonyl (C=O) groups excluding carboxylic acids is 1. The molecule has 3 N–H and O–H groups in total. The first kappa shape index (κ1) is 19.5. The Morgan fingerprint density at radius 3 is 2.77 bits per heavy atom. The zero-order chi connectivity index (χ0) is 21.4. The van der Waals surface area contributed by atoms with E-state index in [0.29, 0.717) is 46.1 Å². The van der Waals surface area contributed by atoms with Crippen LogP contribution in [0, 0.1) is 30.0 Å². The number of allylic oxidation sites excluding steroid dienone is 1. The molecule has 0 bridgehead atoms. The summed E-state index contributed by atoms with van der Waals surface area (Å²) in [7, 11) is 0. The number of anilines is 2. The van der Waals surface area contributed by atoms with Crippen LogP contribution in [0.1, 0.15) is 25.3 Å². The molecule has 0 unspecified atom stereocenters. The molecule has 3 aromatic rings. The van der Waals surface area contributed by atoms with Crippen molar-refractivity contribution >= 4 is 28.2 Å². The lowest BCUT2D eigenvalue weighted by atomic mass is 9.78. The predicted octanol–water partition coefficient (Wildman–Crippen LogP) is 4.52. The number of nitrogens with zero attached hydrogens (tertiary/aromatic N) is 3. The van der Waals surface area contributed by atoms with Gasteiger partial charge >= 0.3 is 0 Å². The number of nitrogens with one attached hydrogen (secondary N) is 1. The Labute approximate surface area is 173 Å². The van der Waals surface area contributed by atoms with Crippen LogP contribution in [-0.4, -0.2) is 15.9 Å². The van der Waals surface area contributed by atoms with Crippen molar-refractivity contribution < 1.29 is 9.18 Å². The van der Waals surface area contributed by atoms with Crippen LogP contribution in [0.25, 0.3) is 21.9 Å². The van der Waals surface area contributed by atoms with E-state index in [1.54, 1.807) is 37.5 Å². The summed E-state index contributed by atoms with van der Waals surface area (Å²) in [5, 5.41) is 12.8. The molecule has 1 fully saturated rings. The van der Waals surface area contributed by atoms with Gasteiger partial charge in [0, 0.05) is 40.7 Å². The van der Waals surface area contributed by atoms with Gasteiger partial charge in [0.15, 0.2) is 5.82 Å². The normalized spacial score (nSPS) is 15.4. The van der Waals surface area contributed by atoms with Crippen LogP contribution in [0.15, 0.2) is 47.9 Å². The van der Waals surface area contributed by atoms with Gasteiger partial charge in [0.1, 0.15) is 5.82 Å². The molecule has 1 saturated carbocycles. The Morgan fingerprint density at radius 1 is 1.30 bits per heavy atom. The van der Waals surface area contributed by atoms with E-state index in [0.717, 1.165) is 11.1 Å². The number of hydrogen-bond acceptors (Lipinski definition) is 5. The molecule has 30 heavy (non-hydrogen) atoms. The van der Waals surface area contributed by atoms with Crippen LogP contribution in [0.2, 0.25) is 0 Å². The molecule has 4 rings (SSSR count). The zero-order valence-electron chi connectivity index (χ0n) is 16.7. The highest BCUT2D eigenvalue weighted by Gasteiger charge is 2.26. The molecule has 1 aromatic carbocycles. The summed E-state index contributed by atoms with van der Waals surface area (Å²) in [6.45, 7) is 3.62. The molecule has 0 atom stereocenters. The maximum atomic E-state index is 14.9. The summed E-state index contributed by atoms with van der Waals surface area (Å²) in [5.74, 6) is -0.432. The average molecular weight is 401 g/mol. The molecule has 6 nitrogen and oxygen atoms in total. The lowest BCUT2D eigenvalue weighted by Gasteiger charge is -2.25. The minimum absolute atomic E-state index is 0.00577. The monoisotopic (exact) mass is 401 g/mol. The topological polar surface area (TPSA) is 105 Å². The van der Waals surface area contributed by atoms with E-state index in [1.165, 1.54) is 6.20 Å². The van der Waals surface area contributed by atoms with Crippen LogP contribution in [0.3, 0.4) is 0 Å². The lowest BCUT2D eigenvalue weighted by Crippen LogP contribution is -2.21. The number of nitrogens with two attached hydrogens (primary N) is 1. The van der Waals surface area contributed by atoms with Crippen molar-refractivity contribution in [1.82, 2.24) is 9.97 Å². The summed E-state index contributed by atoms with van der Waals surface area (Å²) in [5.41, 5.74) is 9.52. The third kappa shape index (κ3) is 3.37. The third-order valence-electron chi connectivity index (χ3n) is 5.61. The van der Waals surface area contributed by atoms with E-state index >= 15 is 0 Å². The van der Waals surface area contributed by atoms with E-state index < -0.39 is 5.82 Å². The number of hydrogen-bond donors (Lipinski definition) is 2. The Bertz CT molecular complexity index is 1250. The molecule has 0 saturated heterocycles. The number of amides is 1. The fourth-order valence-corrected chi connectivity index (χ4v) is 3.61. The van der Waals surface area contributed by atoms with Gasteiger partial charge in [-0.25, -0.2) is 9.37 Å². The van der Waals surface area contributed by atoms with Crippen LogP contribution in [0.4, 0.5) is 15.9 Å². The molecule has 1 amide bonds. The highest BCUT2D eigenvalue weighted by molar-refractivity contribution is 6.05. The summed E-state index contributed by atoms with van der Waals surface area (Å²) < 4.78 is 14.9. The van der Waals surface area contributed by atoms with Crippen molar-refractivity contribution in [3.05, 3.63) is 59.3 Å². The van der Waals surface area contributed by atoms with Gasteiger partial charge in [-0.3, -0.25) is 9.78 Å². The largest absolute Gasteiger partial charge is 0.396 e. The Morgan fingerprint density at radius 2 is 2.07 bits per heavy atom. The highest BCUT2D eigenvalue weighted by atomic mass is 19.1. The van der Waals surface area contributed by atoms with E-state index in [2.05, 4.69) is 21.4 Å². The number of rotatable bonds is 3. The second-order valence-corrected chi connectivity index (χ2v) is 7.55. The quantitative estimate of drug-likeness (QED) is 0.496. The zero-order valence-corrected chi connectivity index (χ0v) is 16.7. The first-order valence-electron chi connectivity index (χ1n) is 9.57. The van der Waals surface area contributed by atoms with Crippen molar-refractivity contribution in [3.8, 4) is 17.2 Å². The molecular formula is C23H20FN5O. The van der Waals surface area contributed by atoms with Gasteiger partial charge < -0.3 is 11.1 Å². The number of carbonyl (C=O) groups is 1. The Hall–Kier alpha value is -3.79. The third-order valence-corrected chi connectivity index (χ3v) is 5.61. The molecule has 150 valence electrons. The SMILES string of the molecule is CC(C(=O)Nc1cc2cc(-c3cnccc3C)c(F)c(N)c2cn1)=C1CC(C#N)C1. The first-order chi connectivity index (χ1) is 14.4. The maximum Gasteiger partial charge on any atom is 0.252 e. The smallest absolute Gasteiger partial charge is 0.252 e. The van der Waals surface area contributed by atoms with Crippen LogP contribution < -0.4 is 11.1 Å². The number of aryl methyl sites for hydroxylation is 1. The number of nitriles is 1. The number of benzene rings is 1. The average Bonchev–Trinajstić information content (AvgIpc) is 2.70. The molecule has 0 aliphatic heterocycles. The molecule has 7 heteroatoms. The first-order valence-corrected chi connectivity index (χ1v) is 9.57. The Kier molecular flexibility index (Phi) is 4.92. The van der Waals surface area contributed by atoms with E-state index in [9.17, 15) is 9.18 Å². The highest BCUT2D eigenvalue weighted by Crippen LogP contribution is 2.36. The molecule has 1 aliphatic rings. The second-order valence-electron chi connectivity index (χ2n) is 7.55. The van der Waals surface area contributed by atoms with E-state index in [-0.39, 0.29) is 17.5 Å². The second kappa shape index (κ2) is 7.56. The van der Waals surface area contributed by atoms with Crippen molar-refractivity contribution in [2.24, 2.45) is 5.92 Å². The standard InChI is InChI=1S/C23H20FN5O/c1-12-3-4-27-10-18(12)17-7-16-8-20(28-11-19(16)22(26)21(17)24)29-23(30)13(2)15-5-14(6-15)9-25/h3-4,7-8,10-11,14H,5-6,26H2,1-2H3,(H,28,29,30). The van der Waals surface area contributed by atoms with E-state index in [1.807, 2.05) is 6.92 Å². The number of nitrogen functional groups attached to an aromatic ring is 1. The maximum absolute atomic E-state index is 14.9. The van der Waals surface area contributed by atoms with Gasteiger partial charge in [-0.2, -0.15) is 5.26 Å². The van der Waals surface area contributed by atoms with Gasteiger partial charge in [-0.1, -0.05) is 5.57 Å². The Balaban J connectivity index is 1.69. The molecule has 2 aromatic heterocycles. The predicted molar refractivity (Wildman–Crippen MR) is 114 cm³/mol. The van der Waals surface area contributed by atoms with Crippen LogP contribution in [-0.2, 0) is 4.79 Å². The summed E-state index contributed by atoms with van der Waals surface area (Å²) in [6, 6.07) is 7.38. The van der Waals surface area contributed by atoms with Crippen molar-refractivity contribution in [2.45, 2.75) is 26.7 Å². The lowest BCUT2D eigenvalue weighted by molar-refractivity contribution is -0.112. The fourth-order valence-electron chi connectivity index (χ4n) is 3.61. The van der Waals surface area contributed by atoms with Crippen molar-refractivity contribution in [3.63, 3.8) is 0 Å². The van der Waals surface area contributed by atoms with Gasteiger partial charge in [0.05, 0.1) is 17.7 Å². The summed E-state index contributed by atoms with van der Waals surface area (Å²) in [4.78, 5) is 20.9. The number of fused-ring (bicyclic) bond motifs is 1. The number of halogens is 1. The van der Waals surface area contributed by atoms with Crippen LogP contribution in [0.5, 0.6) is 0 Å². The molecule has 2 heterocycles. The van der Waals surface area contributed by atoms with E-state index in [4.69, 9.17) is 11.0 Å². The van der Waals surface area contributed by atoms with Gasteiger partial charge in [-0.05, 0) is 55.8 Å².